The van der Waals surface area contributed by atoms with Crippen molar-refractivity contribution in [1.82, 2.24) is 9.47 Å². The van der Waals surface area contributed by atoms with E-state index in [1.165, 1.54) is 4.57 Å². The number of carbonyl (C=O) groups is 1. The zero-order valence-corrected chi connectivity index (χ0v) is 15.9. The van der Waals surface area contributed by atoms with Gasteiger partial charge in [0.1, 0.15) is 12.3 Å². The highest BCUT2D eigenvalue weighted by atomic mass is 16.5. The number of aromatic nitrogens is 1. The molecule has 0 radical (unpaired) electrons. The molecule has 6 heteroatoms. The van der Waals surface area contributed by atoms with Gasteiger partial charge in [-0.3, -0.25) is 9.59 Å². The second-order valence-electron chi connectivity index (χ2n) is 6.90. The molecule has 3 aromatic rings. The van der Waals surface area contributed by atoms with Crippen LogP contribution in [0.15, 0.2) is 65.6 Å². The molecule has 1 saturated heterocycles. The molecule has 144 valence electrons. The van der Waals surface area contributed by atoms with Crippen LogP contribution in [0.1, 0.15) is 0 Å². The van der Waals surface area contributed by atoms with Crippen LogP contribution in [0.25, 0.3) is 10.8 Å². The standard InChI is InChI=1S/C22H23N3O3/c1-28-19-8-6-18(7-9-19)23-12-14-24(15-13-23)21(26)16-25-11-10-17-4-2-3-5-20(17)22(25)27/h2-11H,12-16H2,1H3. The zero-order valence-electron chi connectivity index (χ0n) is 15.9. The van der Waals surface area contributed by atoms with Crippen LogP contribution in [-0.2, 0) is 11.3 Å². The van der Waals surface area contributed by atoms with Gasteiger partial charge in [-0.1, -0.05) is 18.2 Å². The maximum absolute atomic E-state index is 12.7. The van der Waals surface area contributed by atoms with Crippen LogP contribution in [-0.4, -0.2) is 48.7 Å². The lowest BCUT2D eigenvalue weighted by Gasteiger charge is -2.36. The first-order valence-electron chi connectivity index (χ1n) is 9.41. The molecule has 0 aliphatic carbocycles. The predicted molar refractivity (Wildman–Crippen MR) is 110 cm³/mol. The Morgan fingerprint density at radius 1 is 0.964 bits per heavy atom. The van der Waals surface area contributed by atoms with Crippen LogP contribution in [0, 0.1) is 0 Å². The molecular weight excluding hydrogens is 354 g/mol. The number of benzene rings is 2. The summed E-state index contributed by atoms with van der Waals surface area (Å²) in [7, 11) is 1.65. The fourth-order valence-electron chi connectivity index (χ4n) is 3.61. The number of piperazine rings is 1. The van der Waals surface area contributed by atoms with Crippen LogP contribution in [0.4, 0.5) is 5.69 Å². The van der Waals surface area contributed by atoms with E-state index in [2.05, 4.69) is 4.90 Å². The summed E-state index contributed by atoms with van der Waals surface area (Å²) in [6.07, 6.45) is 1.70. The van der Waals surface area contributed by atoms with Crippen molar-refractivity contribution in [3.8, 4) is 5.75 Å². The summed E-state index contributed by atoms with van der Waals surface area (Å²) in [6.45, 7) is 2.90. The van der Waals surface area contributed by atoms with Crippen LogP contribution in [0.5, 0.6) is 5.75 Å². The van der Waals surface area contributed by atoms with Crippen molar-refractivity contribution in [2.24, 2.45) is 0 Å². The van der Waals surface area contributed by atoms with Gasteiger partial charge in [-0.05, 0) is 41.8 Å². The van der Waals surface area contributed by atoms with E-state index >= 15 is 0 Å². The molecule has 28 heavy (non-hydrogen) atoms. The van der Waals surface area contributed by atoms with Crippen LogP contribution < -0.4 is 15.2 Å². The number of nitrogens with zero attached hydrogens (tertiary/aromatic N) is 3. The Morgan fingerprint density at radius 3 is 2.39 bits per heavy atom. The third kappa shape index (κ3) is 3.58. The number of methoxy groups -OCH3 is 1. The van der Waals surface area contributed by atoms with E-state index in [9.17, 15) is 9.59 Å². The lowest BCUT2D eigenvalue weighted by Crippen LogP contribution is -2.50. The Labute approximate surface area is 163 Å². The molecule has 0 spiro atoms. The van der Waals surface area contributed by atoms with Gasteiger partial charge in [0.25, 0.3) is 5.56 Å². The molecule has 0 unspecified atom stereocenters. The van der Waals surface area contributed by atoms with Crippen LogP contribution in [0.2, 0.25) is 0 Å². The molecule has 6 nitrogen and oxygen atoms in total. The SMILES string of the molecule is COc1ccc(N2CCN(C(=O)Cn3ccc4ccccc4c3=O)CC2)cc1. The van der Waals surface area contributed by atoms with Crippen molar-refractivity contribution in [2.45, 2.75) is 6.54 Å². The van der Waals surface area contributed by atoms with E-state index in [1.807, 2.05) is 53.4 Å². The fourth-order valence-corrected chi connectivity index (χ4v) is 3.61. The average molecular weight is 377 g/mol. The highest BCUT2D eigenvalue weighted by molar-refractivity contribution is 5.82. The lowest BCUT2D eigenvalue weighted by molar-refractivity contribution is -0.132. The van der Waals surface area contributed by atoms with E-state index in [0.29, 0.717) is 18.5 Å². The van der Waals surface area contributed by atoms with Gasteiger partial charge >= 0.3 is 0 Å². The highest BCUT2D eigenvalue weighted by Gasteiger charge is 2.22. The molecule has 2 aromatic carbocycles. The number of anilines is 1. The second kappa shape index (κ2) is 7.76. The molecule has 1 amide bonds. The highest BCUT2D eigenvalue weighted by Crippen LogP contribution is 2.20. The first kappa shape index (κ1) is 18.1. The van der Waals surface area contributed by atoms with Gasteiger partial charge in [0.15, 0.2) is 0 Å². The molecule has 4 rings (SSSR count). The van der Waals surface area contributed by atoms with Crippen molar-refractivity contribution in [1.29, 1.82) is 0 Å². The molecule has 0 saturated carbocycles. The Balaban J connectivity index is 1.40. The maximum atomic E-state index is 12.7. The zero-order chi connectivity index (χ0) is 19.5. The van der Waals surface area contributed by atoms with Crippen molar-refractivity contribution < 1.29 is 9.53 Å². The Morgan fingerprint density at radius 2 is 1.68 bits per heavy atom. The van der Waals surface area contributed by atoms with Crippen molar-refractivity contribution in [3.05, 3.63) is 71.1 Å². The van der Waals surface area contributed by atoms with Gasteiger partial charge in [-0.25, -0.2) is 0 Å². The minimum Gasteiger partial charge on any atom is -0.497 e. The fraction of sp³-hybridized carbons (Fsp3) is 0.273. The number of pyridine rings is 1. The number of hydrogen-bond donors (Lipinski definition) is 0. The molecule has 1 aliphatic heterocycles. The Hall–Kier alpha value is -3.28. The van der Waals surface area contributed by atoms with Gasteiger partial charge in [0, 0.05) is 43.4 Å². The summed E-state index contributed by atoms with van der Waals surface area (Å²) in [5, 5.41) is 1.53. The molecule has 0 N–H and O–H groups in total. The van der Waals surface area contributed by atoms with E-state index in [1.54, 1.807) is 19.4 Å². The van der Waals surface area contributed by atoms with Crippen molar-refractivity contribution in [3.63, 3.8) is 0 Å². The summed E-state index contributed by atoms with van der Waals surface area (Å²) in [4.78, 5) is 29.4. The molecule has 1 aliphatic rings. The van der Waals surface area contributed by atoms with Crippen LogP contribution >= 0.6 is 0 Å². The number of rotatable bonds is 4. The number of fused-ring (bicyclic) bond motifs is 1. The Bertz CT molecular complexity index is 1030. The van der Waals surface area contributed by atoms with Gasteiger partial charge in [-0.2, -0.15) is 0 Å². The molecule has 0 atom stereocenters. The third-order valence-corrected chi connectivity index (χ3v) is 5.26. The minimum atomic E-state index is -0.122. The van der Waals surface area contributed by atoms with Crippen molar-refractivity contribution >= 4 is 22.4 Å². The molecule has 1 fully saturated rings. The maximum Gasteiger partial charge on any atom is 0.258 e. The summed E-state index contributed by atoms with van der Waals surface area (Å²) in [5.41, 5.74) is 1.00. The molecular formula is C22H23N3O3. The monoisotopic (exact) mass is 377 g/mol. The number of hydrogen-bond acceptors (Lipinski definition) is 4. The predicted octanol–water partition coefficient (Wildman–Crippen LogP) is 2.36. The number of amides is 1. The van der Waals surface area contributed by atoms with E-state index in [0.717, 1.165) is 29.9 Å². The molecule has 2 heterocycles. The number of carbonyl (C=O) groups excluding carboxylic acids is 1. The topological polar surface area (TPSA) is 54.8 Å². The third-order valence-electron chi connectivity index (χ3n) is 5.26. The van der Waals surface area contributed by atoms with Gasteiger partial charge in [-0.15, -0.1) is 0 Å². The second-order valence-corrected chi connectivity index (χ2v) is 6.90. The summed E-state index contributed by atoms with van der Waals surface area (Å²) in [6, 6.07) is 17.3. The first-order chi connectivity index (χ1) is 13.7. The molecule has 0 bridgehead atoms. The normalized spacial score (nSPS) is 14.3. The Kier molecular flexibility index (Phi) is 5.02. The largest absolute Gasteiger partial charge is 0.497 e. The summed E-state index contributed by atoms with van der Waals surface area (Å²) in [5.74, 6) is 0.810. The lowest BCUT2D eigenvalue weighted by atomic mass is 10.2. The smallest absolute Gasteiger partial charge is 0.258 e. The van der Waals surface area contributed by atoms with E-state index in [4.69, 9.17) is 4.74 Å². The number of ether oxygens (including phenoxy) is 1. The molecule has 1 aromatic heterocycles. The summed E-state index contributed by atoms with van der Waals surface area (Å²) >= 11 is 0. The average Bonchev–Trinajstić information content (AvgIpc) is 2.76. The summed E-state index contributed by atoms with van der Waals surface area (Å²) < 4.78 is 6.70. The quantitative estimate of drug-likeness (QED) is 0.700. The first-order valence-corrected chi connectivity index (χ1v) is 9.41. The van der Waals surface area contributed by atoms with Gasteiger partial charge < -0.3 is 19.1 Å². The van der Waals surface area contributed by atoms with Gasteiger partial charge in [0.05, 0.1) is 7.11 Å². The minimum absolute atomic E-state index is 0.0215. The van der Waals surface area contributed by atoms with E-state index < -0.39 is 0 Å². The van der Waals surface area contributed by atoms with Crippen LogP contribution in [0.3, 0.4) is 0 Å². The van der Waals surface area contributed by atoms with E-state index in [-0.39, 0.29) is 18.0 Å². The van der Waals surface area contributed by atoms with Crippen molar-refractivity contribution in [2.75, 3.05) is 38.2 Å². The van der Waals surface area contributed by atoms with Gasteiger partial charge in [0.2, 0.25) is 5.91 Å².